The third-order valence-electron chi connectivity index (χ3n) is 5.02. The number of amides is 3. The summed E-state index contributed by atoms with van der Waals surface area (Å²) in [7, 11) is 1.35. The van der Waals surface area contributed by atoms with Crippen LogP contribution in [0, 0.1) is 17.1 Å². The molecular formula is C21H16ClFN4O3S. The van der Waals surface area contributed by atoms with E-state index in [0.717, 1.165) is 11.0 Å². The van der Waals surface area contributed by atoms with Crippen LogP contribution in [0.4, 0.5) is 14.9 Å². The number of aromatic nitrogens is 1. The Morgan fingerprint density at radius 3 is 2.87 bits per heavy atom. The van der Waals surface area contributed by atoms with Crippen molar-refractivity contribution in [1.29, 1.82) is 5.26 Å². The summed E-state index contributed by atoms with van der Waals surface area (Å²) in [6.45, 7) is 0.158. The van der Waals surface area contributed by atoms with E-state index in [9.17, 15) is 14.0 Å². The van der Waals surface area contributed by atoms with E-state index in [0.29, 0.717) is 16.2 Å². The van der Waals surface area contributed by atoms with Crippen molar-refractivity contribution in [2.24, 2.45) is 0 Å². The van der Waals surface area contributed by atoms with Gasteiger partial charge in [-0.1, -0.05) is 11.6 Å². The largest absolute Gasteiger partial charge is 0.494 e. The van der Waals surface area contributed by atoms with Crippen LogP contribution >= 0.6 is 23.4 Å². The molecular weight excluding hydrogens is 443 g/mol. The molecule has 1 saturated heterocycles. The summed E-state index contributed by atoms with van der Waals surface area (Å²) < 4.78 is 19.0. The van der Waals surface area contributed by atoms with Crippen molar-refractivity contribution < 1.29 is 18.7 Å². The highest BCUT2D eigenvalue weighted by Gasteiger charge is 2.49. The number of hydrogen-bond acceptors (Lipinski definition) is 6. The molecule has 1 aromatic heterocycles. The number of fused-ring (bicyclic) bond motifs is 1. The zero-order valence-corrected chi connectivity index (χ0v) is 17.9. The van der Waals surface area contributed by atoms with Crippen molar-refractivity contribution >= 4 is 45.9 Å². The van der Waals surface area contributed by atoms with Crippen LogP contribution in [0.2, 0.25) is 5.02 Å². The Labute approximate surface area is 187 Å². The number of hydrogen-bond donors (Lipinski definition) is 0. The fourth-order valence-corrected chi connectivity index (χ4v) is 5.25. The number of halogens is 2. The quantitative estimate of drug-likeness (QED) is 0.670. The maximum absolute atomic E-state index is 14.0. The first kappa shape index (κ1) is 21.2. The Kier molecular flexibility index (Phi) is 5.85. The smallest absolute Gasteiger partial charge is 0.332 e. The van der Waals surface area contributed by atoms with Crippen molar-refractivity contribution in [3.63, 3.8) is 0 Å². The molecule has 4 rings (SSSR count). The number of nitriles is 1. The molecule has 7 nitrogen and oxygen atoms in total. The zero-order valence-electron chi connectivity index (χ0n) is 16.3. The lowest BCUT2D eigenvalue weighted by molar-refractivity contribution is -0.119. The van der Waals surface area contributed by atoms with Crippen LogP contribution in [0.3, 0.4) is 0 Å². The molecule has 2 aliphatic heterocycles. The van der Waals surface area contributed by atoms with Crippen LogP contribution < -0.4 is 9.64 Å². The molecule has 0 spiro atoms. The fraction of sp³-hybridized carbons (Fsp3) is 0.238. The van der Waals surface area contributed by atoms with Gasteiger partial charge in [0.15, 0.2) is 11.6 Å². The van der Waals surface area contributed by atoms with Gasteiger partial charge in [0, 0.05) is 23.2 Å². The standard InChI is InChI=1S/C21H16ClFN4O3S/c1-30-17-8-13(14(22)9-15(17)23)18-10-16-19(31-18)20(28)27(12-4-2-6-25-11-12)21(29)26(16)7-3-5-24/h2,4,6,8-11,16,19H,3,7H2,1H3. The van der Waals surface area contributed by atoms with Crippen molar-refractivity contribution in [1.82, 2.24) is 9.88 Å². The number of benzene rings is 1. The molecule has 2 atom stereocenters. The van der Waals surface area contributed by atoms with Crippen LogP contribution in [-0.4, -0.2) is 46.8 Å². The minimum absolute atomic E-state index is 0.0245. The van der Waals surface area contributed by atoms with E-state index in [1.807, 2.05) is 6.07 Å². The van der Waals surface area contributed by atoms with Gasteiger partial charge in [-0.3, -0.25) is 9.78 Å². The molecule has 2 aromatic rings. The summed E-state index contributed by atoms with van der Waals surface area (Å²) in [4.78, 5) is 33.7. The molecule has 0 saturated carbocycles. The predicted octanol–water partition coefficient (Wildman–Crippen LogP) is 4.09. The average Bonchev–Trinajstić information content (AvgIpc) is 3.20. The van der Waals surface area contributed by atoms with E-state index in [2.05, 4.69) is 4.98 Å². The molecule has 31 heavy (non-hydrogen) atoms. The Bertz CT molecular complexity index is 1120. The third-order valence-corrected chi connectivity index (χ3v) is 6.68. The monoisotopic (exact) mass is 458 g/mol. The zero-order chi connectivity index (χ0) is 22.1. The summed E-state index contributed by atoms with van der Waals surface area (Å²) in [5, 5.41) is 8.57. The summed E-state index contributed by atoms with van der Waals surface area (Å²) in [5.41, 5.74) is 0.862. The van der Waals surface area contributed by atoms with Gasteiger partial charge in [-0.05, 0) is 30.3 Å². The number of ether oxygens (including phenoxy) is 1. The van der Waals surface area contributed by atoms with Crippen molar-refractivity contribution in [2.75, 3.05) is 18.6 Å². The highest BCUT2D eigenvalue weighted by Crippen LogP contribution is 2.47. The molecule has 158 valence electrons. The average molecular weight is 459 g/mol. The number of nitrogens with zero attached hydrogens (tertiary/aromatic N) is 4. The van der Waals surface area contributed by atoms with Gasteiger partial charge in [0.25, 0.3) is 5.91 Å². The topological polar surface area (TPSA) is 86.5 Å². The van der Waals surface area contributed by atoms with Crippen LogP contribution in [-0.2, 0) is 4.79 Å². The molecule has 0 N–H and O–H groups in total. The number of urea groups is 1. The van der Waals surface area contributed by atoms with Crippen LogP contribution in [0.1, 0.15) is 12.0 Å². The third kappa shape index (κ3) is 3.73. The fourth-order valence-electron chi connectivity index (χ4n) is 3.58. The normalized spacial score (nSPS) is 20.4. The molecule has 3 amide bonds. The first-order valence-electron chi connectivity index (χ1n) is 9.29. The number of rotatable bonds is 5. The first-order chi connectivity index (χ1) is 15.0. The van der Waals surface area contributed by atoms with Gasteiger partial charge in [-0.15, -0.1) is 11.8 Å². The predicted molar refractivity (Wildman–Crippen MR) is 115 cm³/mol. The second kappa shape index (κ2) is 8.57. The minimum atomic E-state index is -0.640. The summed E-state index contributed by atoms with van der Waals surface area (Å²) in [6, 6.07) is 6.85. The SMILES string of the molecule is COc1cc(C2=CC3C(S2)C(=O)N(c2cccnc2)C(=O)N3CCC#N)c(Cl)cc1F. The van der Waals surface area contributed by atoms with E-state index in [1.165, 1.54) is 36.0 Å². The van der Waals surface area contributed by atoms with E-state index >= 15 is 0 Å². The molecule has 2 aliphatic rings. The highest BCUT2D eigenvalue weighted by molar-refractivity contribution is 8.09. The molecule has 0 bridgehead atoms. The maximum atomic E-state index is 14.0. The minimum Gasteiger partial charge on any atom is -0.494 e. The molecule has 1 aromatic carbocycles. The van der Waals surface area contributed by atoms with Crippen LogP contribution in [0.5, 0.6) is 5.75 Å². The number of imide groups is 1. The lowest BCUT2D eigenvalue weighted by atomic mass is 10.0. The lowest BCUT2D eigenvalue weighted by Crippen LogP contribution is -2.62. The Balaban J connectivity index is 1.75. The number of carbonyl (C=O) groups is 2. The van der Waals surface area contributed by atoms with Crippen molar-refractivity contribution in [3.8, 4) is 11.8 Å². The van der Waals surface area contributed by atoms with Gasteiger partial charge in [0.05, 0.1) is 42.5 Å². The summed E-state index contributed by atoms with van der Waals surface area (Å²) >= 11 is 7.51. The molecule has 10 heteroatoms. The van der Waals surface area contributed by atoms with Crippen LogP contribution in [0.15, 0.2) is 42.7 Å². The summed E-state index contributed by atoms with van der Waals surface area (Å²) in [5.74, 6) is -0.962. The molecule has 3 heterocycles. The molecule has 2 unspecified atom stereocenters. The Morgan fingerprint density at radius 1 is 1.39 bits per heavy atom. The van der Waals surface area contributed by atoms with Gasteiger partial charge in [0.1, 0.15) is 5.25 Å². The van der Waals surface area contributed by atoms with Gasteiger partial charge in [-0.2, -0.15) is 5.26 Å². The maximum Gasteiger partial charge on any atom is 0.332 e. The highest BCUT2D eigenvalue weighted by atomic mass is 35.5. The number of anilines is 1. The Morgan fingerprint density at radius 2 is 2.19 bits per heavy atom. The number of methoxy groups -OCH3 is 1. The second-order valence-corrected chi connectivity index (χ2v) is 8.39. The van der Waals surface area contributed by atoms with Crippen LogP contribution in [0.25, 0.3) is 4.91 Å². The molecule has 0 aliphatic carbocycles. The van der Waals surface area contributed by atoms with Gasteiger partial charge >= 0.3 is 6.03 Å². The number of carbonyl (C=O) groups excluding carboxylic acids is 2. The number of pyridine rings is 1. The van der Waals surface area contributed by atoms with Gasteiger partial charge in [0.2, 0.25) is 0 Å². The lowest BCUT2D eigenvalue weighted by Gasteiger charge is -2.40. The first-order valence-corrected chi connectivity index (χ1v) is 10.6. The second-order valence-electron chi connectivity index (χ2n) is 6.80. The van der Waals surface area contributed by atoms with Gasteiger partial charge < -0.3 is 9.64 Å². The van der Waals surface area contributed by atoms with E-state index in [1.54, 1.807) is 24.4 Å². The van der Waals surface area contributed by atoms with E-state index in [-0.39, 0.29) is 23.7 Å². The van der Waals surface area contributed by atoms with Crippen molar-refractivity contribution in [3.05, 3.63) is 59.1 Å². The van der Waals surface area contributed by atoms with Crippen molar-refractivity contribution in [2.45, 2.75) is 17.7 Å². The summed E-state index contributed by atoms with van der Waals surface area (Å²) in [6.07, 6.45) is 4.87. The molecule has 0 radical (unpaired) electrons. The molecule has 1 fully saturated rings. The van der Waals surface area contributed by atoms with E-state index < -0.39 is 29.0 Å². The van der Waals surface area contributed by atoms with Gasteiger partial charge in [-0.25, -0.2) is 14.1 Å². The Hall–Kier alpha value is -3.09. The van der Waals surface area contributed by atoms with E-state index in [4.69, 9.17) is 21.6 Å². The number of thioether (sulfide) groups is 1.